The molecule has 3 aromatic rings. The minimum atomic E-state index is -0.615. The summed E-state index contributed by atoms with van der Waals surface area (Å²) in [7, 11) is 2.08. The maximum Gasteiger partial charge on any atom is 0.277 e. The second-order valence-corrected chi connectivity index (χ2v) is 5.89. The van der Waals surface area contributed by atoms with Crippen LogP contribution in [0.4, 0.5) is 5.95 Å². The van der Waals surface area contributed by atoms with Crippen LogP contribution in [0.5, 0.6) is 0 Å². The number of carbonyl (C=O) groups excluding carboxylic acids is 1. The molecule has 2 aromatic heterocycles. The average molecular weight is 323 g/mol. The van der Waals surface area contributed by atoms with Gasteiger partial charge in [-0.05, 0) is 18.1 Å². The maximum atomic E-state index is 11.4. The summed E-state index contributed by atoms with van der Waals surface area (Å²) in [5.41, 5.74) is 5.70. The lowest BCUT2D eigenvalue weighted by Crippen LogP contribution is -2.32. The Kier molecular flexibility index (Phi) is 3.42. The van der Waals surface area contributed by atoms with Crippen LogP contribution in [-0.2, 0) is 20.0 Å². The molecule has 1 aliphatic rings. The Morgan fingerprint density at radius 2 is 2.00 bits per heavy atom. The molecule has 3 heterocycles. The highest BCUT2D eigenvalue weighted by Gasteiger charge is 2.24. The Bertz CT molecular complexity index is 917. The van der Waals surface area contributed by atoms with Crippen molar-refractivity contribution in [3.63, 3.8) is 0 Å². The molecular formula is C17H17N5O2. The third-order valence-corrected chi connectivity index (χ3v) is 4.60. The highest BCUT2D eigenvalue weighted by molar-refractivity contribution is 5.92. The number of rotatable bonds is 2. The number of hydrogen-bond donors (Lipinski definition) is 2. The van der Waals surface area contributed by atoms with Crippen LogP contribution in [-0.4, -0.2) is 32.2 Å². The van der Waals surface area contributed by atoms with Crippen molar-refractivity contribution in [3.8, 4) is 0 Å². The lowest BCUT2D eigenvalue weighted by molar-refractivity contribution is 0.0705. The van der Waals surface area contributed by atoms with E-state index in [1.165, 1.54) is 34.6 Å². The van der Waals surface area contributed by atoms with E-state index in [0.29, 0.717) is 5.95 Å². The van der Waals surface area contributed by atoms with Crippen LogP contribution in [0, 0.1) is 0 Å². The highest BCUT2D eigenvalue weighted by Crippen LogP contribution is 2.30. The summed E-state index contributed by atoms with van der Waals surface area (Å²) in [6, 6.07) is 8.43. The Morgan fingerprint density at radius 3 is 2.75 bits per heavy atom. The molecule has 122 valence electrons. The minimum absolute atomic E-state index is 0.226. The van der Waals surface area contributed by atoms with Gasteiger partial charge in [0.05, 0.1) is 12.1 Å². The molecule has 0 fully saturated rings. The molecule has 2 N–H and O–H groups in total. The molecule has 4 rings (SSSR count). The topological polar surface area (TPSA) is 83.3 Å². The number of amides is 1. The van der Waals surface area contributed by atoms with Gasteiger partial charge in [-0.2, -0.15) is 0 Å². The Labute approximate surface area is 138 Å². The molecule has 0 aliphatic carbocycles. The summed E-state index contributed by atoms with van der Waals surface area (Å²) in [6.07, 6.45) is 3.77. The predicted octanol–water partition coefficient (Wildman–Crippen LogP) is 1.65. The largest absolute Gasteiger partial charge is 0.346 e. The van der Waals surface area contributed by atoms with Crippen LogP contribution in [0.15, 0.2) is 36.7 Å². The van der Waals surface area contributed by atoms with Gasteiger partial charge < -0.3 is 9.47 Å². The summed E-state index contributed by atoms with van der Waals surface area (Å²) in [6.45, 7) is 1.55. The van der Waals surface area contributed by atoms with Crippen molar-refractivity contribution in [1.82, 2.24) is 20.0 Å². The first-order chi connectivity index (χ1) is 11.7. The van der Waals surface area contributed by atoms with Crippen molar-refractivity contribution >= 4 is 22.8 Å². The van der Waals surface area contributed by atoms with Crippen molar-refractivity contribution in [2.75, 3.05) is 11.4 Å². The summed E-state index contributed by atoms with van der Waals surface area (Å²) in [5.74, 6) is -0.0310. The van der Waals surface area contributed by atoms with E-state index in [-0.39, 0.29) is 5.56 Å². The smallest absolute Gasteiger partial charge is 0.277 e. The lowest BCUT2D eigenvalue weighted by Gasteiger charge is -2.28. The fourth-order valence-electron chi connectivity index (χ4n) is 3.35. The van der Waals surface area contributed by atoms with Crippen molar-refractivity contribution in [2.24, 2.45) is 7.05 Å². The van der Waals surface area contributed by atoms with Gasteiger partial charge in [0.1, 0.15) is 0 Å². The molecule has 7 heteroatoms. The summed E-state index contributed by atoms with van der Waals surface area (Å²) >= 11 is 0. The molecule has 0 atom stereocenters. The number of anilines is 1. The number of fused-ring (bicyclic) bond motifs is 3. The van der Waals surface area contributed by atoms with Crippen LogP contribution in [0.25, 0.3) is 10.9 Å². The van der Waals surface area contributed by atoms with Crippen LogP contribution in [0.3, 0.4) is 0 Å². The fourth-order valence-corrected chi connectivity index (χ4v) is 3.35. The maximum absolute atomic E-state index is 11.4. The molecule has 7 nitrogen and oxygen atoms in total. The molecule has 0 spiro atoms. The molecule has 0 saturated heterocycles. The van der Waals surface area contributed by atoms with Gasteiger partial charge in [0, 0.05) is 42.6 Å². The molecule has 1 aliphatic heterocycles. The van der Waals surface area contributed by atoms with Crippen LogP contribution in [0.1, 0.15) is 21.6 Å². The molecule has 0 unspecified atom stereocenters. The van der Waals surface area contributed by atoms with Gasteiger partial charge in [-0.1, -0.05) is 18.2 Å². The van der Waals surface area contributed by atoms with Gasteiger partial charge in [0.25, 0.3) is 5.91 Å². The zero-order valence-corrected chi connectivity index (χ0v) is 13.2. The molecular weight excluding hydrogens is 306 g/mol. The van der Waals surface area contributed by atoms with Crippen molar-refractivity contribution in [3.05, 3.63) is 53.5 Å². The number of nitrogens with zero attached hydrogens (tertiary/aromatic N) is 4. The monoisotopic (exact) mass is 323 g/mol. The number of carbonyl (C=O) groups is 1. The van der Waals surface area contributed by atoms with E-state index in [1.54, 1.807) is 5.48 Å². The minimum Gasteiger partial charge on any atom is -0.346 e. The Morgan fingerprint density at radius 1 is 1.25 bits per heavy atom. The van der Waals surface area contributed by atoms with Gasteiger partial charge in [0.2, 0.25) is 5.95 Å². The molecule has 1 amide bonds. The standard InChI is InChI=1S/C17H17N5O2/c1-21-14-5-3-2-4-12(14)13-6-7-22(10-15(13)21)17-18-8-11(9-19-17)16(23)20-24/h2-5,8-9,24H,6-7,10H2,1H3,(H,20,23). The SMILES string of the molecule is Cn1c2c(c3ccccc31)CCN(c1ncc(C(=O)NO)cn1)C2. The number of nitrogens with one attached hydrogen (secondary N) is 1. The number of para-hydroxylation sites is 1. The van der Waals surface area contributed by atoms with Gasteiger partial charge in [-0.25, -0.2) is 15.4 Å². The predicted molar refractivity (Wildman–Crippen MR) is 89.0 cm³/mol. The average Bonchev–Trinajstić information content (AvgIpc) is 2.94. The van der Waals surface area contributed by atoms with E-state index in [0.717, 1.165) is 19.5 Å². The van der Waals surface area contributed by atoms with Gasteiger partial charge in [-0.15, -0.1) is 0 Å². The second-order valence-electron chi connectivity index (χ2n) is 5.89. The Hall–Kier alpha value is -2.93. The third kappa shape index (κ3) is 2.21. The third-order valence-electron chi connectivity index (χ3n) is 4.60. The molecule has 0 radical (unpaired) electrons. The van der Waals surface area contributed by atoms with Gasteiger partial charge in [-0.3, -0.25) is 10.0 Å². The van der Waals surface area contributed by atoms with Crippen molar-refractivity contribution in [2.45, 2.75) is 13.0 Å². The highest BCUT2D eigenvalue weighted by atomic mass is 16.5. The van der Waals surface area contributed by atoms with E-state index in [2.05, 4.69) is 50.7 Å². The van der Waals surface area contributed by atoms with Crippen molar-refractivity contribution < 1.29 is 10.0 Å². The first-order valence-corrected chi connectivity index (χ1v) is 7.75. The van der Waals surface area contributed by atoms with Crippen LogP contribution < -0.4 is 10.4 Å². The number of hydrogen-bond acceptors (Lipinski definition) is 5. The molecule has 24 heavy (non-hydrogen) atoms. The number of aromatic nitrogens is 3. The summed E-state index contributed by atoms with van der Waals surface area (Å²) in [4.78, 5) is 22.0. The van der Waals surface area contributed by atoms with E-state index in [9.17, 15) is 4.79 Å². The quantitative estimate of drug-likeness (QED) is 0.553. The first kappa shape index (κ1) is 14.6. The fraction of sp³-hybridized carbons (Fsp3) is 0.235. The zero-order valence-electron chi connectivity index (χ0n) is 13.2. The summed E-state index contributed by atoms with van der Waals surface area (Å²) < 4.78 is 2.23. The number of benzene rings is 1. The van der Waals surface area contributed by atoms with E-state index < -0.39 is 5.91 Å². The van der Waals surface area contributed by atoms with Crippen LogP contribution >= 0.6 is 0 Å². The van der Waals surface area contributed by atoms with E-state index >= 15 is 0 Å². The number of hydroxylamine groups is 1. The normalized spacial score (nSPS) is 13.8. The molecule has 1 aromatic carbocycles. The summed E-state index contributed by atoms with van der Waals surface area (Å²) in [5, 5.41) is 9.96. The van der Waals surface area contributed by atoms with Crippen LogP contribution in [0.2, 0.25) is 0 Å². The second kappa shape index (κ2) is 5.61. The van der Waals surface area contributed by atoms with Gasteiger partial charge >= 0.3 is 0 Å². The van der Waals surface area contributed by atoms with Gasteiger partial charge in [0.15, 0.2) is 0 Å². The Balaban J connectivity index is 1.66. The zero-order chi connectivity index (χ0) is 16.7. The molecule has 0 bridgehead atoms. The lowest BCUT2D eigenvalue weighted by atomic mass is 10.0. The number of aryl methyl sites for hydroxylation is 1. The van der Waals surface area contributed by atoms with E-state index in [4.69, 9.17) is 5.21 Å². The van der Waals surface area contributed by atoms with Crippen molar-refractivity contribution in [1.29, 1.82) is 0 Å². The first-order valence-electron chi connectivity index (χ1n) is 7.75. The van der Waals surface area contributed by atoms with E-state index in [1.807, 2.05) is 0 Å². The molecule has 0 saturated carbocycles.